The van der Waals surface area contributed by atoms with Crippen molar-refractivity contribution in [1.82, 2.24) is 0 Å². The van der Waals surface area contributed by atoms with Gasteiger partial charge in [-0.3, -0.25) is 19.2 Å². The van der Waals surface area contributed by atoms with E-state index in [-0.39, 0.29) is 36.7 Å². The van der Waals surface area contributed by atoms with Crippen molar-refractivity contribution in [1.29, 1.82) is 0 Å². The summed E-state index contributed by atoms with van der Waals surface area (Å²) in [5, 5.41) is 0. The number of ether oxygens (including phenoxy) is 4. The first-order valence-electron chi connectivity index (χ1n) is 14.8. The van der Waals surface area contributed by atoms with Crippen LogP contribution in [0.15, 0.2) is 12.2 Å². The smallest absolute Gasteiger partial charge is 0.315 e. The van der Waals surface area contributed by atoms with Crippen LogP contribution in [0.2, 0.25) is 19.6 Å². The predicted octanol–water partition coefficient (Wildman–Crippen LogP) is 4.69. The lowest BCUT2D eigenvalue weighted by Gasteiger charge is -2.53. The summed E-state index contributed by atoms with van der Waals surface area (Å²) < 4.78 is 29.1. The molecule has 1 spiro atoms. The molecule has 0 aromatic carbocycles. The lowest BCUT2D eigenvalue weighted by Crippen LogP contribution is -2.62. The topological polar surface area (TPSA) is 114 Å². The zero-order chi connectivity index (χ0) is 30.7. The van der Waals surface area contributed by atoms with E-state index in [1.807, 2.05) is 13.8 Å². The van der Waals surface area contributed by atoms with Gasteiger partial charge < -0.3 is 23.4 Å². The Morgan fingerprint density at radius 1 is 1.02 bits per heavy atom. The third kappa shape index (κ3) is 4.77. The van der Waals surface area contributed by atoms with Crippen LogP contribution >= 0.6 is 0 Å². The zero-order valence-electron chi connectivity index (χ0n) is 26.2. The van der Waals surface area contributed by atoms with E-state index in [4.69, 9.17) is 23.4 Å². The maximum atomic E-state index is 14.2. The van der Waals surface area contributed by atoms with Crippen molar-refractivity contribution >= 4 is 32.2 Å². The van der Waals surface area contributed by atoms with Gasteiger partial charge in [-0.05, 0) is 75.9 Å². The quantitative estimate of drug-likeness (QED) is 0.171. The highest BCUT2D eigenvalue weighted by atomic mass is 28.4. The van der Waals surface area contributed by atoms with Crippen molar-refractivity contribution in [3.8, 4) is 0 Å². The summed E-state index contributed by atoms with van der Waals surface area (Å²) in [5.74, 6) is -3.93. The van der Waals surface area contributed by atoms with Crippen LogP contribution in [-0.4, -0.2) is 65.7 Å². The van der Waals surface area contributed by atoms with E-state index in [9.17, 15) is 19.2 Å². The van der Waals surface area contributed by atoms with Crippen LogP contribution in [0.25, 0.3) is 0 Å². The minimum absolute atomic E-state index is 0.0315. The molecule has 0 aromatic heterocycles. The molecule has 41 heavy (non-hydrogen) atoms. The van der Waals surface area contributed by atoms with Crippen LogP contribution in [0.1, 0.15) is 59.3 Å². The summed E-state index contributed by atoms with van der Waals surface area (Å²) in [7, 11) is 1.99. The minimum Gasteiger partial charge on any atom is -0.469 e. The van der Waals surface area contributed by atoms with Crippen LogP contribution in [0.5, 0.6) is 0 Å². The number of hydrogen-bond acceptors (Lipinski definition) is 9. The molecule has 0 saturated heterocycles. The number of methoxy groups -OCH3 is 3. The van der Waals surface area contributed by atoms with E-state index < -0.39 is 66.4 Å². The molecule has 230 valence electrons. The van der Waals surface area contributed by atoms with E-state index in [0.29, 0.717) is 25.7 Å². The SMILES string of the molecule is C=C1C[C@]23CC1[C@@H](O[Si](C)(C)C)C[C@H]2[C@]1(C(=O)OC)CC[C@H](OC(=O)CC(C)C)[C@@](C)(C(=O)OC)[C@H]1[C@@H]3C(=O)OC. The zero-order valence-corrected chi connectivity index (χ0v) is 27.2. The molecule has 10 heteroatoms. The molecule has 0 aromatic rings. The summed E-state index contributed by atoms with van der Waals surface area (Å²) in [6.07, 6.45) is 1.38. The molecule has 0 radical (unpaired) electrons. The number of carbonyl (C=O) groups is 4. The molecule has 1 unspecified atom stereocenters. The molecule has 2 bridgehead atoms. The van der Waals surface area contributed by atoms with E-state index in [1.165, 1.54) is 21.3 Å². The molecule has 9 atom stereocenters. The second-order valence-corrected chi connectivity index (χ2v) is 18.8. The Balaban J connectivity index is 1.96. The van der Waals surface area contributed by atoms with Gasteiger partial charge in [-0.25, -0.2) is 0 Å². The normalized spacial score (nSPS) is 39.5. The van der Waals surface area contributed by atoms with Crippen molar-refractivity contribution in [2.45, 2.75) is 91.1 Å². The van der Waals surface area contributed by atoms with Gasteiger partial charge in [-0.2, -0.15) is 0 Å². The molecule has 0 N–H and O–H groups in total. The molecule has 9 nitrogen and oxygen atoms in total. The largest absolute Gasteiger partial charge is 0.469 e. The van der Waals surface area contributed by atoms with Crippen LogP contribution < -0.4 is 0 Å². The number of esters is 4. The molecule has 4 saturated carbocycles. The lowest BCUT2D eigenvalue weighted by atomic mass is 9.51. The van der Waals surface area contributed by atoms with Crippen molar-refractivity contribution in [3.05, 3.63) is 12.2 Å². The molecule has 0 heterocycles. The van der Waals surface area contributed by atoms with Gasteiger partial charge in [0.15, 0.2) is 8.32 Å². The maximum absolute atomic E-state index is 14.2. The van der Waals surface area contributed by atoms with Gasteiger partial charge >= 0.3 is 23.9 Å². The molecular weight excluding hydrogens is 544 g/mol. The van der Waals surface area contributed by atoms with Gasteiger partial charge in [0.2, 0.25) is 0 Å². The van der Waals surface area contributed by atoms with Crippen LogP contribution in [0.3, 0.4) is 0 Å². The summed E-state index contributed by atoms with van der Waals surface area (Å²) in [4.78, 5) is 55.1. The van der Waals surface area contributed by atoms with Gasteiger partial charge in [-0.15, -0.1) is 0 Å². The monoisotopic (exact) mass is 592 g/mol. The fourth-order valence-electron chi connectivity index (χ4n) is 9.42. The maximum Gasteiger partial charge on any atom is 0.315 e. The highest BCUT2D eigenvalue weighted by Gasteiger charge is 2.82. The molecule has 4 fully saturated rings. The summed E-state index contributed by atoms with van der Waals surface area (Å²) in [6.45, 7) is 16.4. The lowest BCUT2D eigenvalue weighted by molar-refractivity contribution is -0.203. The predicted molar refractivity (Wildman–Crippen MR) is 153 cm³/mol. The fraction of sp³-hybridized carbons (Fsp3) is 0.806. The number of carbonyl (C=O) groups excluding carboxylic acids is 4. The third-order valence-electron chi connectivity index (χ3n) is 10.6. The average Bonchev–Trinajstić information content (AvgIpc) is 3.32. The van der Waals surface area contributed by atoms with E-state index in [1.54, 1.807) is 6.92 Å². The Labute approximate surface area is 245 Å². The van der Waals surface area contributed by atoms with Gasteiger partial charge in [0.1, 0.15) is 11.5 Å². The van der Waals surface area contributed by atoms with Gasteiger partial charge in [0.05, 0.1) is 38.8 Å². The number of fused-ring (bicyclic) bond motifs is 3. The summed E-state index contributed by atoms with van der Waals surface area (Å²) in [6, 6.07) is 0. The van der Waals surface area contributed by atoms with Crippen molar-refractivity contribution in [2.75, 3.05) is 21.3 Å². The van der Waals surface area contributed by atoms with Crippen LogP contribution in [0, 0.1) is 45.8 Å². The highest BCUT2D eigenvalue weighted by Crippen LogP contribution is 2.78. The Morgan fingerprint density at radius 2 is 1.66 bits per heavy atom. The van der Waals surface area contributed by atoms with Crippen LogP contribution in [-0.2, 0) is 42.6 Å². The fourth-order valence-corrected chi connectivity index (χ4v) is 10.6. The molecule has 4 aliphatic carbocycles. The third-order valence-corrected chi connectivity index (χ3v) is 11.6. The highest BCUT2D eigenvalue weighted by molar-refractivity contribution is 6.69. The molecular formula is C31H48O9Si. The minimum atomic E-state index is -1.98. The first-order valence-corrected chi connectivity index (χ1v) is 18.2. The van der Waals surface area contributed by atoms with Crippen molar-refractivity contribution < 1.29 is 42.6 Å². The molecule has 0 aliphatic heterocycles. The van der Waals surface area contributed by atoms with E-state index >= 15 is 0 Å². The van der Waals surface area contributed by atoms with E-state index in [2.05, 4.69) is 26.2 Å². The average molecular weight is 593 g/mol. The van der Waals surface area contributed by atoms with Gasteiger partial charge in [-0.1, -0.05) is 26.0 Å². The Bertz CT molecular complexity index is 1110. The summed E-state index contributed by atoms with van der Waals surface area (Å²) in [5.41, 5.74) is -2.40. The van der Waals surface area contributed by atoms with Crippen molar-refractivity contribution in [2.24, 2.45) is 45.8 Å². The van der Waals surface area contributed by atoms with Gasteiger partial charge in [0.25, 0.3) is 0 Å². The Hall–Kier alpha value is -2.20. The first-order chi connectivity index (χ1) is 19.0. The Morgan fingerprint density at radius 3 is 2.20 bits per heavy atom. The molecule has 4 aliphatic rings. The number of hydrogen-bond donors (Lipinski definition) is 0. The van der Waals surface area contributed by atoms with E-state index in [0.717, 1.165) is 5.57 Å². The second-order valence-electron chi connectivity index (χ2n) is 14.3. The van der Waals surface area contributed by atoms with Crippen molar-refractivity contribution in [3.63, 3.8) is 0 Å². The first kappa shape index (κ1) is 31.7. The second kappa shape index (κ2) is 10.8. The molecule has 4 rings (SSSR count). The number of rotatable bonds is 8. The standard InChI is InChI=1S/C31H48O9Si/c1-17(2)13-23(32)39-22-11-12-31(28(35)38-7)21-14-20(40-41(8,9)10)19-16-30(21,15-18(19)3)24(26(33)36-5)25(31)29(22,4)27(34)37-6/h17,19-22,24-25H,3,11-16H2,1-2,4-10H3/t19?,20-,21+,22-,24+,25+,29+,30-,31+/m0/s1. The summed E-state index contributed by atoms with van der Waals surface area (Å²) >= 11 is 0. The molecule has 0 amide bonds. The Kier molecular flexibility index (Phi) is 8.37. The van der Waals surface area contributed by atoms with Gasteiger partial charge in [0, 0.05) is 18.3 Å². The van der Waals surface area contributed by atoms with Crippen LogP contribution in [0.4, 0.5) is 0 Å².